The SMILES string of the molecule is CC(C)=CCC/C(C)=C/COC(=O)c1ccc(F)cn1. The van der Waals surface area contributed by atoms with Crippen LogP contribution in [0, 0.1) is 5.82 Å². The molecule has 3 nitrogen and oxygen atoms in total. The second kappa shape index (κ2) is 8.25. The molecule has 20 heavy (non-hydrogen) atoms. The van der Waals surface area contributed by atoms with Gasteiger partial charge in [0, 0.05) is 0 Å². The van der Waals surface area contributed by atoms with Gasteiger partial charge >= 0.3 is 5.97 Å². The molecule has 1 rings (SSSR count). The van der Waals surface area contributed by atoms with Crippen molar-refractivity contribution < 1.29 is 13.9 Å². The highest BCUT2D eigenvalue weighted by atomic mass is 19.1. The first-order chi connectivity index (χ1) is 9.49. The Bertz CT molecular complexity index is 500. The summed E-state index contributed by atoms with van der Waals surface area (Å²) in [5, 5.41) is 0. The van der Waals surface area contributed by atoms with Crippen LogP contribution in [0.4, 0.5) is 4.39 Å². The first kappa shape index (κ1) is 16.1. The number of nitrogens with zero attached hydrogens (tertiary/aromatic N) is 1. The minimum atomic E-state index is -0.543. The predicted octanol–water partition coefficient (Wildman–Crippen LogP) is 4.07. The molecule has 0 aliphatic heterocycles. The van der Waals surface area contributed by atoms with Crippen LogP contribution in [-0.2, 0) is 4.74 Å². The molecule has 4 heteroatoms. The fraction of sp³-hybridized carbons (Fsp3) is 0.375. The second-order valence-corrected chi connectivity index (χ2v) is 4.83. The molecule has 0 aromatic carbocycles. The van der Waals surface area contributed by atoms with Crippen molar-refractivity contribution in [2.75, 3.05) is 6.61 Å². The summed E-state index contributed by atoms with van der Waals surface area (Å²) in [5.41, 5.74) is 2.58. The van der Waals surface area contributed by atoms with Crippen molar-refractivity contribution in [3.63, 3.8) is 0 Å². The van der Waals surface area contributed by atoms with Crippen LogP contribution in [0.15, 0.2) is 41.6 Å². The van der Waals surface area contributed by atoms with Gasteiger partial charge in [-0.1, -0.05) is 17.2 Å². The minimum absolute atomic E-state index is 0.113. The normalized spacial score (nSPS) is 11.1. The van der Waals surface area contributed by atoms with Gasteiger partial charge < -0.3 is 4.74 Å². The van der Waals surface area contributed by atoms with Crippen LogP contribution >= 0.6 is 0 Å². The third-order valence-electron chi connectivity index (χ3n) is 2.67. The largest absolute Gasteiger partial charge is 0.457 e. The Labute approximate surface area is 119 Å². The lowest BCUT2D eigenvalue weighted by molar-refractivity contribution is 0.0542. The summed E-state index contributed by atoms with van der Waals surface area (Å²) >= 11 is 0. The lowest BCUT2D eigenvalue weighted by Crippen LogP contribution is -2.07. The van der Waals surface area contributed by atoms with Crippen LogP contribution in [0.25, 0.3) is 0 Å². The van der Waals surface area contributed by atoms with Crippen LogP contribution in [0.2, 0.25) is 0 Å². The van der Waals surface area contributed by atoms with Gasteiger partial charge in [-0.15, -0.1) is 0 Å². The van der Waals surface area contributed by atoms with E-state index in [1.54, 1.807) is 0 Å². The molecule has 0 spiro atoms. The van der Waals surface area contributed by atoms with Crippen molar-refractivity contribution in [3.05, 3.63) is 53.1 Å². The fourth-order valence-electron chi connectivity index (χ4n) is 1.52. The molecule has 0 aliphatic carbocycles. The number of carbonyl (C=O) groups is 1. The Balaban J connectivity index is 2.37. The molecule has 108 valence electrons. The Hall–Kier alpha value is -1.97. The Morgan fingerprint density at radius 1 is 1.30 bits per heavy atom. The molecule has 0 saturated carbocycles. The van der Waals surface area contributed by atoms with Crippen LogP contribution in [0.5, 0.6) is 0 Å². The highest BCUT2D eigenvalue weighted by Gasteiger charge is 2.07. The molecule has 0 atom stereocenters. The van der Waals surface area contributed by atoms with Gasteiger partial charge in [-0.25, -0.2) is 14.2 Å². The molecule has 0 fully saturated rings. The minimum Gasteiger partial charge on any atom is -0.457 e. The molecule has 0 saturated heterocycles. The molecular weight excluding hydrogens is 257 g/mol. The van der Waals surface area contributed by atoms with E-state index in [1.165, 1.54) is 23.3 Å². The van der Waals surface area contributed by atoms with E-state index in [4.69, 9.17) is 4.74 Å². The smallest absolute Gasteiger partial charge is 0.357 e. The van der Waals surface area contributed by atoms with Gasteiger partial charge in [0.2, 0.25) is 0 Å². The Morgan fingerprint density at radius 3 is 2.65 bits per heavy atom. The van der Waals surface area contributed by atoms with Crippen LogP contribution in [0.1, 0.15) is 44.1 Å². The molecule has 0 bridgehead atoms. The number of hydrogen-bond acceptors (Lipinski definition) is 3. The zero-order valence-corrected chi connectivity index (χ0v) is 12.1. The van der Waals surface area contributed by atoms with Gasteiger partial charge in [0.25, 0.3) is 0 Å². The standard InChI is InChI=1S/C16H20FNO2/c1-12(2)5-4-6-13(3)9-10-20-16(19)15-8-7-14(17)11-18-15/h5,7-9,11H,4,6,10H2,1-3H3/b13-9+. The maximum Gasteiger partial charge on any atom is 0.357 e. The van der Waals surface area contributed by atoms with Crippen LogP contribution in [0.3, 0.4) is 0 Å². The van der Waals surface area contributed by atoms with Crippen molar-refractivity contribution in [2.45, 2.75) is 33.6 Å². The van der Waals surface area contributed by atoms with Crippen molar-refractivity contribution in [2.24, 2.45) is 0 Å². The Morgan fingerprint density at radius 2 is 2.05 bits per heavy atom. The predicted molar refractivity (Wildman–Crippen MR) is 76.9 cm³/mol. The number of allylic oxidation sites excluding steroid dienone is 3. The first-order valence-corrected chi connectivity index (χ1v) is 6.56. The van der Waals surface area contributed by atoms with Crippen molar-refractivity contribution in [3.8, 4) is 0 Å². The Kier molecular flexibility index (Phi) is 6.64. The molecular formula is C16H20FNO2. The van der Waals surface area contributed by atoms with E-state index >= 15 is 0 Å². The van der Waals surface area contributed by atoms with Gasteiger partial charge in [0.15, 0.2) is 0 Å². The molecule has 0 amide bonds. The average Bonchev–Trinajstić information content (AvgIpc) is 2.39. The van der Waals surface area contributed by atoms with Gasteiger partial charge in [-0.3, -0.25) is 0 Å². The number of halogens is 1. The maximum absolute atomic E-state index is 12.7. The summed E-state index contributed by atoms with van der Waals surface area (Å²) < 4.78 is 17.7. The lowest BCUT2D eigenvalue weighted by Gasteiger charge is -2.03. The summed E-state index contributed by atoms with van der Waals surface area (Å²) in [4.78, 5) is 15.3. The zero-order valence-electron chi connectivity index (χ0n) is 12.1. The van der Waals surface area contributed by atoms with Gasteiger partial charge in [0.05, 0.1) is 6.20 Å². The maximum atomic E-state index is 12.7. The van der Waals surface area contributed by atoms with E-state index in [0.717, 1.165) is 19.0 Å². The number of esters is 1. The lowest BCUT2D eigenvalue weighted by atomic mass is 10.1. The van der Waals surface area contributed by atoms with E-state index in [9.17, 15) is 9.18 Å². The van der Waals surface area contributed by atoms with Crippen molar-refractivity contribution in [1.29, 1.82) is 0 Å². The number of hydrogen-bond donors (Lipinski definition) is 0. The highest BCUT2D eigenvalue weighted by Crippen LogP contribution is 2.07. The third-order valence-corrected chi connectivity index (χ3v) is 2.67. The summed E-state index contributed by atoms with van der Waals surface area (Å²) in [5.74, 6) is -1.02. The molecule has 1 aromatic rings. The van der Waals surface area contributed by atoms with E-state index in [0.29, 0.717) is 0 Å². The van der Waals surface area contributed by atoms with Gasteiger partial charge in [-0.05, 0) is 51.8 Å². The molecule has 0 N–H and O–H groups in total. The number of carbonyl (C=O) groups excluding carboxylic acids is 1. The summed E-state index contributed by atoms with van der Waals surface area (Å²) in [6, 6.07) is 2.49. The molecule has 0 aliphatic rings. The molecule has 0 radical (unpaired) electrons. The summed E-state index contributed by atoms with van der Waals surface area (Å²) in [6.45, 7) is 6.34. The molecule has 0 unspecified atom stereocenters. The van der Waals surface area contributed by atoms with Gasteiger partial charge in [-0.2, -0.15) is 0 Å². The van der Waals surface area contributed by atoms with Crippen LogP contribution in [-0.4, -0.2) is 17.6 Å². The zero-order chi connectivity index (χ0) is 15.0. The fourth-order valence-corrected chi connectivity index (χ4v) is 1.52. The third kappa shape index (κ3) is 6.27. The first-order valence-electron chi connectivity index (χ1n) is 6.56. The molecule has 1 heterocycles. The quantitative estimate of drug-likeness (QED) is 0.581. The second-order valence-electron chi connectivity index (χ2n) is 4.83. The summed E-state index contributed by atoms with van der Waals surface area (Å²) in [7, 11) is 0. The number of ether oxygens (including phenoxy) is 1. The number of rotatable bonds is 6. The average molecular weight is 277 g/mol. The van der Waals surface area contributed by atoms with Crippen LogP contribution < -0.4 is 0 Å². The van der Waals surface area contributed by atoms with Crippen molar-refractivity contribution >= 4 is 5.97 Å². The summed E-state index contributed by atoms with van der Waals surface area (Å²) in [6.07, 6.45) is 6.97. The highest BCUT2D eigenvalue weighted by molar-refractivity contribution is 5.87. The van der Waals surface area contributed by atoms with Gasteiger partial charge in [0.1, 0.15) is 18.1 Å². The topological polar surface area (TPSA) is 39.2 Å². The monoisotopic (exact) mass is 277 g/mol. The van der Waals surface area contributed by atoms with E-state index < -0.39 is 11.8 Å². The van der Waals surface area contributed by atoms with Crippen molar-refractivity contribution in [1.82, 2.24) is 4.98 Å². The number of pyridine rings is 1. The molecule has 1 aromatic heterocycles. The van der Waals surface area contributed by atoms with E-state index in [1.807, 2.05) is 13.0 Å². The van der Waals surface area contributed by atoms with E-state index in [2.05, 4.69) is 24.9 Å². The number of aromatic nitrogens is 1. The van der Waals surface area contributed by atoms with E-state index in [-0.39, 0.29) is 12.3 Å².